The minimum absolute atomic E-state index is 0. The molecule has 0 saturated heterocycles. The maximum Gasteiger partial charge on any atom is 0.0442 e. The van der Waals surface area contributed by atoms with Gasteiger partial charge >= 0.3 is 0 Å². The average molecular weight is 252 g/mol. The molecule has 0 spiro atoms. The SMILES string of the molecule is CC(CCC(=O)[O-])C(=O)[O-].[Ag]. The second kappa shape index (κ2) is 6.39. The molecule has 4 nitrogen and oxygen atoms in total. The number of hydrogen-bond donors (Lipinski definition) is 0. The Balaban J connectivity index is 0. The summed E-state index contributed by atoms with van der Waals surface area (Å²) in [6, 6.07) is 0. The van der Waals surface area contributed by atoms with Crippen molar-refractivity contribution in [2.75, 3.05) is 0 Å². The first-order valence-electron chi connectivity index (χ1n) is 2.94. The third-order valence-electron chi connectivity index (χ3n) is 1.18. The van der Waals surface area contributed by atoms with E-state index < -0.39 is 17.9 Å². The van der Waals surface area contributed by atoms with Gasteiger partial charge in [-0.3, -0.25) is 0 Å². The van der Waals surface area contributed by atoms with E-state index in [0.29, 0.717) is 0 Å². The van der Waals surface area contributed by atoms with E-state index in [0.717, 1.165) is 0 Å². The zero-order valence-corrected chi connectivity index (χ0v) is 7.41. The zero-order valence-electron chi connectivity index (χ0n) is 5.93. The molecular formula is C6H8AgO4-2. The van der Waals surface area contributed by atoms with E-state index in [1.54, 1.807) is 0 Å². The smallest absolute Gasteiger partial charge is 0.0442 e. The first-order valence-corrected chi connectivity index (χ1v) is 2.94. The van der Waals surface area contributed by atoms with Gasteiger partial charge in [-0.15, -0.1) is 0 Å². The summed E-state index contributed by atoms with van der Waals surface area (Å²) < 4.78 is 0. The molecule has 0 N–H and O–H groups in total. The molecule has 0 fully saturated rings. The molecule has 0 bridgehead atoms. The molecule has 1 atom stereocenters. The molecule has 69 valence electrons. The largest absolute Gasteiger partial charge is 0.550 e. The molecule has 0 saturated carbocycles. The van der Waals surface area contributed by atoms with Crippen molar-refractivity contribution in [3.8, 4) is 0 Å². The molecule has 0 rings (SSSR count). The van der Waals surface area contributed by atoms with Crippen molar-refractivity contribution in [1.82, 2.24) is 0 Å². The van der Waals surface area contributed by atoms with E-state index >= 15 is 0 Å². The van der Waals surface area contributed by atoms with Crippen molar-refractivity contribution in [3.05, 3.63) is 0 Å². The van der Waals surface area contributed by atoms with Crippen molar-refractivity contribution in [2.24, 2.45) is 5.92 Å². The Labute approximate surface area is 80.1 Å². The van der Waals surface area contributed by atoms with Crippen molar-refractivity contribution < 1.29 is 42.2 Å². The number of carbonyl (C=O) groups excluding carboxylic acids is 2. The fraction of sp³-hybridized carbons (Fsp3) is 0.667. The van der Waals surface area contributed by atoms with Gasteiger partial charge in [-0.25, -0.2) is 0 Å². The Morgan fingerprint density at radius 3 is 2.09 bits per heavy atom. The van der Waals surface area contributed by atoms with Crippen LogP contribution in [0.1, 0.15) is 19.8 Å². The van der Waals surface area contributed by atoms with Crippen LogP contribution in [-0.4, -0.2) is 11.9 Å². The van der Waals surface area contributed by atoms with Crippen molar-refractivity contribution in [2.45, 2.75) is 19.8 Å². The Hall–Kier alpha value is -0.320. The molecule has 0 heterocycles. The fourth-order valence-electron chi connectivity index (χ4n) is 0.452. The molecular weight excluding hydrogens is 244 g/mol. The summed E-state index contributed by atoms with van der Waals surface area (Å²) in [5.41, 5.74) is 0. The standard InChI is InChI=1S/C6H10O4.Ag/c1-4(6(9)10)2-3-5(7)8;/h4H,2-3H2,1H3,(H,7,8)(H,9,10);/p-2. The normalized spacial score (nSPS) is 11.4. The van der Waals surface area contributed by atoms with E-state index in [-0.39, 0.29) is 35.2 Å². The maximum absolute atomic E-state index is 9.99. The number of aliphatic carboxylic acids is 2. The zero-order chi connectivity index (χ0) is 8.15. The first-order chi connectivity index (χ1) is 4.54. The van der Waals surface area contributed by atoms with Crippen LogP contribution in [0.4, 0.5) is 0 Å². The molecule has 5 heteroatoms. The van der Waals surface area contributed by atoms with Gasteiger partial charge in [0, 0.05) is 34.3 Å². The summed E-state index contributed by atoms with van der Waals surface area (Å²) in [4.78, 5) is 19.8. The summed E-state index contributed by atoms with van der Waals surface area (Å²) in [6.07, 6.45) is -0.153. The van der Waals surface area contributed by atoms with Crippen molar-refractivity contribution in [1.29, 1.82) is 0 Å². The van der Waals surface area contributed by atoms with Crippen LogP contribution in [0, 0.1) is 5.92 Å². The van der Waals surface area contributed by atoms with Gasteiger partial charge in [-0.1, -0.05) is 6.92 Å². The van der Waals surface area contributed by atoms with Crippen LogP contribution in [0.15, 0.2) is 0 Å². The summed E-state index contributed by atoms with van der Waals surface area (Å²) in [6.45, 7) is 1.40. The van der Waals surface area contributed by atoms with Gasteiger partial charge in [0.1, 0.15) is 0 Å². The number of carboxylic acids is 2. The molecule has 0 aliphatic rings. The second-order valence-electron chi connectivity index (χ2n) is 2.13. The molecule has 0 aliphatic carbocycles. The molecule has 0 aromatic heterocycles. The predicted molar refractivity (Wildman–Crippen MR) is 28.4 cm³/mol. The Kier molecular flexibility index (Phi) is 7.72. The molecule has 11 heavy (non-hydrogen) atoms. The fourth-order valence-corrected chi connectivity index (χ4v) is 0.452. The number of hydrogen-bond acceptors (Lipinski definition) is 4. The van der Waals surface area contributed by atoms with Crippen LogP contribution >= 0.6 is 0 Å². The van der Waals surface area contributed by atoms with Crippen LogP contribution in [0.25, 0.3) is 0 Å². The summed E-state index contributed by atoms with van der Waals surface area (Å²) in [7, 11) is 0. The van der Waals surface area contributed by atoms with E-state index in [1.807, 2.05) is 0 Å². The maximum atomic E-state index is 9.99. The molecule has 0 amide bonds. The van der Waals surface area contributed by atoms with Crippen molar-refractivity contribution >= 4 is 11.9 Å². The van der Waals surface area contributed by atoms with Crippen LogP contribution in [0.5, 0.6) is 0 Å². The monoisotopic (exact) mass is 251 g/mol. The molecule has 0 aromatic carbocycles. The molecule has 0 aromatic rings. The number of carboxylic acid groups (broad SMARTS) is 2. The summed E-state index contributed by atoms with van der Waals surface area (Å²) >= 11 is 0. The van der Waals surface area contributed by atoms with Gasteiger partial charge in [0.15, 0.2) is 0 Å². The average Bonchev–Trinajstić information content (AvgIpc) is 1.82. The van der Waals surface area contributed by atoms with Gasteiger partial charge in [-0.05, 0) is 18.8 Å². The van der Waals surface area contributed by atoms with E-state index in [4.69, 9.17) is 0 Å². The second-order valence-corrected chi connectivity index (χ2v) is 2.13. The minimum Gasteiger partial charge on any atom is -0.550 e. The first kappa shape index (κ1) is 13.3. The molecule has 0 aliphatic heterocycles. The third kappa shape index (κ3) is 7.58. The molecule has 1 unspecified atom stereocenters. The van der Waals surface area contributed by atoms with Gasteiger partial charge < -0.3 is 19.8 Å². The summed E-state index contributed by atoms with van der Waals surface area (Å²) in [5.74, 6) is -3.16. The molecule has 1 radical (unpaired) electrons. The third-order valence-corrected chi connectivity index (χ3v) is 1.18. The van der Waals surface area contributed by atoms with Crippen LogP contribution < -0.4 is 10.2 Å². The summed E-state index contributed by atoms with van der Waals surface area (Å²) in [5, 5.41) is 19.8. The Morgan fingerprint density at radius 2 is 1.82 bits per heavy atom. The van der Waals surface area contributed by atoms with Gasteiger partial charge in [0.05, 0.1) is 0 Å². The topological polar surface area (TPSA) is 80.3 Å². The number of carbonyl (C=O) groups is 2. The quantitative estimate of drug-likeness (QED) is 0.537. The predicted octanol–water partition coefficient (Wildman–Crippen LogP) is -2.10. The van der Waals surface area contributed by atoms with Crippen LogP contribution in [0.3, 0.4) is 0 Å². The van der Waals surface area contributed by atoms with Gasteiger partial charge in [0.2, 0.25) is 0 Å². The van der Waals surface area contributed by atoms with E-state index in [9.17, 15) is 19.8 Å². The van der Waals surface area contributed by atoms with E-state index in [1.165, 1.54) is 6.92 Å². The van der Waals surface area contributed by atoms with Gasteiger partial charge in [0.25, 0.3) is 0 Å². The minimum atomic E-state index is -1.23. The van der Waals surface area contributed by atoms with Crippen LogP contribution in [-0.2, 0) is 32.0 Å². The Morgan fingerprint density at radius 1 is 1.36 bits per heavy atom. The van der Waals surface area contributed by atoms with Crippen molar-refractivity contribution in [3.63, 3.8) is 0 Å². The van der Waals surface area contributed by atoms with Crippen LogP contribution in [0.2, 0.25) is 0 Å². The number of rotatable bonds is 4. The Bertz CT molecular complexity index is 146. The van der Waals surface area contributed by atoms with Gasteiger partial charge in [-0.2, -0.15) is 0 Å². The van der Waals surface area contributed by atoms with E-state index in [2.05, 4.69) is 0 Å².